The summed E-state index contributed by atoms with van der Waals surface area (Å²) < 4.78 is 0. The van der Waals surface area contributed by atoms with Crippen LogP contribution in [0.1, 0.15) is 41.9 Å². The molecule has 0 saturated carbocycles. The summed E-state index contributed by atoms with van der Waals surface area (Å²) in [5.74, 6) is 1.52. The largest absolute Gasteiger partial charge is 0.354 e. The van der Waals surface area contributed by atoms with Crippen molar-refractivity contribution < 1.29 is 0 Å². The smallest absolute Gasteiger partial charge is 0.254 e. The van der Waals surface area contributed by atoms with E-state index in [0.29, 0.717) is 5.82 Å². The molecule has 7 heteroatoms. The minimum absolute atomic E-state index is 0.0196. The summed E-state index contributed by atoms with van der Waals surface area (Å²) in [4.78, 5) is 36.5. The van der Waals surface area contributed by atoms with Gasteiger partial charge in [-0.3, -0.25) is 14.8 Å². The first kappa shape index (κ1) is 18.0. The molecule has 1 N–H and O–H groups in total. The van der Waals surface area contributed by atoms with Crippen molar-refractivity contribution in [3.63, 3.8) is 0 Å². The van der Waals surface area contributed by atoms with Crippen molar-refractivity contribution in [1.29, 1.82) is 0 Å². The Morgan fingerprint density at radius 2 is 2.03 bits per heavy atom. The Morgan fingerprint density at radius 1 is 1.14 bits per heavy atom. The van der Waals surface area contributed by atoms with Crippen molar-refractivity contribution in [3.05, 3.63) is 63.7 Å². The Kier molecular flexibility index (Phi) is 4.19. The topological polar surface area (TPSA) is 87.7 Å². The molecule has 0 radical (unpaired) electrons. The van der Waals surface area contributed by atoms with Gasteiger partial charge in [0, 0.05) is 42.0 Å². The fraction of sp³-hybridized carbons (Fsp3) is 0.409. The van der Waals surface area contributed by atoms with E-state index in [4.69, 9.17) is 9.97 Å². The molecule has 148 valence electrons. The van der Waals surface area contributed by atoms with E-state index in [2.05, 4.69) is 19.9 Å². The molecule has 1 saturated heterocycles. The summed E-state index contributed by atoms with van der Waals surface area (Å²) in [6, 6.07) is 3.79. The van der Waals surface area contributed by atoms with Crippen LogP contribution in [0.4, 0.5) is 5.82 Å². The van der Waals surface area contributed by atoms with Gasteiger partial charge in [-0.2, -0.15) is 0 Å². The van der Waals surface area contributed by atoms with E-state index < -0.39 is 0 Å². The molecule has 0 amide bonds. The number of nitrogens with one attached hydrogen (secondary N) is 1. The zero-order valence-electron chi connectivity index (χ0n) is 16.8. The molecule has 0 aromatic carbocycles. The maximum Gasteiger partial charge on any atom is 0.254 e. The van der Waals surface area contributed by atoms with Gasteiger partial charge in [0.2, 0.25) is 0 Å². The number of pyridine rings is 1. The van der Waals surface area contributed by atoms with Crippen LogP contribution in [-0.4, -0.2) is 38.0 Å². The van der Waals surface area contributed by atoms with Gasteiger partial charge in [0.15, 0.2) is 0 Å². The number of anilines is 1. The van der Waals surface area contributed by atoms with Crippen LogP contribution in [0.5, 0.6) is 0 Å². The van der Waals surface area contributed by atoms with E-state index in [1.807, 2.05) is 32.2 Å². The Labute approximate surface area is 169 Å². The SMILES string of the molecule is Cc1ncc(N2CCCC3(CCc4c3nc(-c3cccnc3)[nH]c4=O)C2)nc1C. The lowest BCUT2D eigenvalue weighted by Crippen LogP contribution is -2.46. The molecule has 7 nitrogen and oxygen atoms in total. The first-order valence-electron chi connectivity index (χ1n) is 10.1. The molecule has 1 aliphatic heterocycles. The van der Waals surface area contributed by atoms with Crippen LogP contribution in [-0.2, 0) is 11.8 Å². The third-order valence-electron chi connectivity index (χ3n) is 6.39. The molecule has 3 aromatic rings. The maximum atomic E-state index is 12.8. The average Bonchev–Trinajstić information content (AvgIpc) is 3.09. The third kappa shape index (κ3) is 3.01. The highest BCUT2D eigenvalue weighted by molar-refractivity contribution is 5.55. The first-order chi connectivity index (χ1) is 14.1. The number of fused-ring (bicyclic) bond motifs is 2. The van der Waals surface area contributed by atoms with Crippen LogP contribution in [0.15, 0.2) is 35.5 Å². The van der Waals surface area contributed by atoms with Gasteiger partial charge >= 0.3 is 0 Å². The highest BCUT2D eigenvalue weighted by Gasteiger charge is 2.45. The van der Waals surface area contributed by atoms with Crippen LogP contribution in [0.25, 0.3) is 11.4 Å². The lowest BCUT2D eigenvalue weighted by Gasteiger charge is -2.41. The molecule has 29 heavy (non-hydrogen) atoms. The van der Waals surface area contributed by atoms with Crippen LogP contribution in [0.3, 0.4) is 0 Å². The normalized spacial score (nSPS) is 20.8. The Balaban J connectivity index is 1.55. The van der Waals surface area contributed by atoms with E-state index in [9.17, 15) is 4.79 Å². The van der Waals surface area contributed by atoms with Crippen LogP contribution in [0.2, 0.25) is 0 Å². The molecule has 1 atom stereocenters. The van der Waals surface area contributed by atoms with E-state index in [1.165, 1.54) is 0 Å². The zero-order valence-corrected chi connectivity index (χ0v) is 16.8. The average molecular weight is 388 g/mol. The van der Waals surface area contributed by atoms with Crippen molar-refractivity contribution in [1.82, 2.24) is 24.9 Å². The summed E-state index contributed by atoms with van der Waals surface area (Å²) in [6.45, 7) is 5.75. The molecular formula is C22H24N6O. The molecular weight excluding hydrogens is 364 g/mol. The predicted molar refractivity (Wildman–Crippen MR) is 111 cm³/mol. The molecule has 1 unspecified atom stereocenters. The number of nitrogens with zero attached hydrogens (tertiary/aromatic N) is 5. The van der Waals surface area contributed by atoms with Crippen molar-refractivity contribution in [2.75, 3.05) is 18.0 Å². The second-order valence-corrected chi connectivity index (χ2v) is 8.19. The molecule has 5 rings (SSSR count). The summed E-state index contributed by atoms with van der Waals surface area (Å²) in [6.07, 6.45) is 9.14. The Morgan fingerprint density at radius 3 is 2.83 bits per heavy atom. The number of H-pyrrole nitrogens is 1. The third-order valence-corrected chi connectivity index (χ3v) is 6.39. The number of aromatic nitrogens is 5. The Bertz CT molecular complexity index is 1130. The van der Waals surface area contributed by atoms with Crippen LogP contribution >= 0.6 is 0 Å². The lowest BCUT2D eigenvalue weighted by molar-refractivity contribution is 0.333. The fourth-order valence-electron chi connectivity index (χ4n) is 4.70. The number of hydrogen-bond acceptors (Lipinski definition) is 6. The van der Waals surface area contributed by atoms with Gasteiger partial charge in [0.05, 0.1) is 23.3 Å². The number of aromatic amines is 1. The van der Waals surface area contributed by atoms with E-state index >= 15 is 0 Å². The van der Waals surface area contributed by atoms with E-state index in [1.54, 1.807) is 12.4 Å². The van der Waals surface area contributed by atoms with Crippen molar-refractivity contribution in [2.24, 2.45) is 0 Å². The van der Waals surface area contributed by atoms with Crippen molar-refractivity contribution >= 4 is 5.82 Å². The van der Waals surface area contributed by atoms with Gasteiger partial charge in [-0.25, -0.2) is 9.97 Å². The summed E-state index contributed by atoms with van der Waals surface area (Å²) in [5.41, 5.74) is 4.42. The molecule has 0 bridgehead atoms. The standard InChI is InChI=1S/C22H24N6O/c1-14-15(2)25-18(12-24-14)28-10-4-7-22(13-28)8-6-17-19(22)26-20(27-21(17)29)16-5-3-9-23-11-16/h3,5,9,11-12H,4,6-8,10,13H2,1-2H3,(H,26,27,29). The van der Waals surface area contributed by atoms with Gasteiger partial charge in [0.1, 0.15) is 11.6 Å². The number of aryl methyl sites for hydroxylation is 2. The quantitative estimate of drug-likeness (QED) is 0.726. The second kappa shape index (κ2) is 6.76. The number of rotatable bonds is 2. The molecule has 2 aliphatic rings. The monoisotopic (exact) mass is 388 g/mol. The number of piperidine rings is 1. The van der Waals surface area contributed by atoms with E-state index in [0.717, 1.165) is 72.8 Å². The van der Waals surface area contributed by atoms with Crippen LogP contribution in [0, 0.1) is 13.8 Å². The summed E-state index contributed by atoms with van der Waals surface area (Å²) in [7, 11) is 0. The van der Waals surface area contributed by atoms with Crippen molar-refractivity contribution in [2.45, 2.75) is 44.9 Å². The molecule has 3 aromatic heterocycles. The van der Waals surface area contributed by atoms with Gasteiger partial charge in [-0.1, -0.05) is 0 Å². The lowest BCUT2D eigenvalue weighted by atomic mass is 9.77. The first-order valence-corrected chi connectivity index (χ1v) is 10.1. The van der Waals surface area contributed by atoms with Crippen molar-refractivity contribution in [3.8, 4) is 11.4 Å². The highest BCUT2D eigenvalue weighted by Crippen LogP contribution is 2.44. The molecule has 4 heterocycles. The second-order valence-electron chi connectivity index (χ2n) is 8.19. The van der Waals surface area contributed by atoms with Crippen LogP contribution < -0.4 is 10.5 Å². The minimum Gasteiger partial charge on any atom is -0.354 e. The molecule has 1 aliphatic carbocycles. The van der Waals surface area contributed by atoms with E-state index in [-0.39, 0.29) is 11.0 Å². The summed E-state index contributed by atoms with van der Waals surface area (Å²) >= 11 is 0. The fourth-order valence-corrected chi connectivity index (χ4v) is 4.70. The maximum absolute atomic E-state index is 12.8. The minimum atomic E-state index is -0.112. The van der Waals surface area contributed by atoms with Gasteiger partial charge in [-0.15, -0.1) is 0 Å². The highest BCUT2D eigenvalue weighted by atomic mass is 16.1. The van der Waals surface area contributed by atoms with Gasteiger partial charge in [0.25, 0.3) is 5.56 Å². The van der Waals surface area contributed by atoms with Gasteiger partial charge < -0.3 is 9.88 Å². The molecule has 1 spiro atoms. The predicted octanol–water partition coefficient (Wildman–Crippen LogP) is 2.72. The molecule has 1 fully saturated rings. The zero-order chi connectivity index (χ0) is 20.0. The number of hydrogen-bond donors (Lipinski definition) is 1. The Hall–Kier alpha value is -3.09. The van der Waals surface area contributed by atoms with Gasteiger partial charge in [-0.05, 0) is 51.7 Å². The summed E-state index contributed by atoms with van der Waals surface area (Å²) in [5, 5.41) is 0.